The summed E-state index contributed by atoms with van der Waals surface area (Å²) >= 11 is 0. The number of nitrogens with one attached hydrogen (secondary N) is 1. The van der Waals surface area contributed by atoms with Crippen LogP contribution in [0.3, 0.4) is 0 Å². The number of carbonyl (C=O) groups excluding carboxylic acids is 1. The standard InChI is InChI=1S/C21H27NO2/c1-5-17-9-7-8-10-20(17)24-16(4)21(23)22-19(6-2)18-13-11-15(3)12-14-18/h7-14,16,19H,5-6H2,1-4H3,(H,22,23)/t16-,19-/m1/s1. The summed E-state index contributed by atoms with van der Waals surface area (Å²) in [4.78, 5) is 12.5. The zero-order valence-electron chi connectivity index (χ0n) is 15.0. The summed E-state index contributed by atoms with van der Waals surface area (Å²) in [5, 5.41) is 3.10. The van der Waals surface area contributed by atoms with Crippen molar-refractivity contribution >= 4 is 5.91 Å². The molecular formula is C21H27NO2. The largest absolute Gasteiger partial charge is 0.481 e. The van der Waals surface area contributed by atoms with Crippen LogP contribution in [0.5, 0.6) is 5.75 Å². The van der Waals surface area contributed by atoms with Crippen LogP contribution < -0.4 is 10.1 Å². The maximum absolute atomic E-state index is 12.5. The van der Waals surface area contributed by atoms with Crippen LogP contribution in [0.15, 0.2) is 48.5 Å². The van der Waals surface area contributed by atoms with Gasteiger partial charge in [-0.2, -0.15) is 0 Å². The Kier molecular flexibility index (Phi) is 6.42. The number of rotatable bonds is 7. The number of para-hydroxylation sites is 1. The number of amides is 1. The van der Waals surface area contributed by atoms with Crippen LogP contribution in [-0.4, -0.2) is 12.0 Å². The van der Waals surface area contributed by atoms with Crippen LogP contribution in [0, 0.1) is 6.92 Å². The molecule has 1 amide bonds. The van der Waals surface area contributed by atoms with Crippen molar-refractivity contribution in [3.05, 3.63) is 65.2 Å². The lowest BCUT2D eigenvalue weighted by Crippen LogP contribution is -2.38. The molecule has 1 N–H and O–H groups in total. The molecule has 128 valence electrons. The quantitative estimate of drug-likeness (QED) is 0.808. The highest BCUT2D eigenvalue weighted by Gasteiger charge is 2.20. The minimum atomic E-state index is -0.530. The normalized spacial score (nSPS) is 13.2. The average Bonchev–Trinajstić information content (AvgIpc) is 2.60. The van der Waals surface area contributed by atoms with Crippen LogP contribution in [0.2, 0.25) is 0 Å². The van der Waals surface area contributed by atoms with Gasteiger partial charge in [0.1, 0.15) is 5.75 Å². The van der Waals surface area contributed by atoms with E-state index in [0.717, 1.165) is 29.7 Å². The zero-order valence-corrected chi connectivity index (χ0v) is 15.0. The molecule has 0 aliphatic heterocycles. The topological polar surface area (TPSA) is 38.3 Å². The molecule has 2 aromatic carbocycles. The smallest absolute Gasteiger partial charge is 0.261 e. The maximum atomic E-state index is 12.5. The highest BCUT2D eigenvalue weighted by atomic mass is 16.5. The van der Waals surface area contributed by atoms with Crippen LogP contribution in [-0.2, 0) is 11.2 Å². The molecule has 2 atom stereocenters. The van der Waals surface area contributed by atoms with E-state index in [9.17, 15) is 4.79 Å². The highest BCUT2D eigenvalue weighted by Crippen LogP contribution is 2.21. The van der Waals surface area contributed by atoms with Crippen LogP contribution in [0.1, 0.15) is 49.9 Å². The molecule has 0 spiro atoms. The van der Waals surface area contributed by atoms with Gasteiger partial charge in [-0.25, -0.2) is 0 Å². The van der Waals surface area contributed by atoms with E-state index in [4.69, 9.17) is 4.74 Å². The summed E-state index contributed by atoms with van der Waals surface area (Å²) in [5.74, 6) is 0.694. The van der Waals surface area contributed by atoms with Gasteiger partial charge in [0.05, 0.1) is 6.04 Å². The van der Waals surface area contributed by atoms with E-state index in [1.807, 2.05) is 24.3 Å². The van der Waals surface area contributed by atoms with Gasteiger partial charge < -0.3 is 10.1 Å². The van der Waals surface area contributed by atoms with Crippen LogP contribution in [0.25, 0.3) is 0 Å². The third-order valence-electron chi connectivity index (χ3n) is 4.23. The third kappa shape index (κ3) is 4.60. The second-order valence-electron chi connectivity index (χ2n) is 6.10. The fraction of sp³-hybridized carbons (Fsp3) is 0.381. The second-order valence-corrected chi connectivity index (χ2v) is 6.10. The summed E-state index contributed by atoms with van der Waals surface area (Å²) in [7, 11) is 0. The van der Waals surface area contributed by atoms with E-state index in [1.165, 1.54) is 5.56 Å². The van der Waals surface area contributed by atoms with E-state index in [2.05, 4.69) is 50.4 Å². The first-order valence-corrected chi connectivity index (χ1v) is 8.66. The van der Waals surface area contributed by atoms with Crippen molar-refractivity contribution in [2.75, 3.05) is 0 Å². The Morgan fingerprint density at radius 3 is 2.38 bits per heavy atom. The average molecular weight is 325 g/mol. The Labute approximate surface area is 145 Å². The molecule has 0 fully saturated rings. The molecule has 0 saturated heterocycles. The van der Waals surface area contributed by atoms with E-state index in [1.54, 1.807) is 6.92 Å². The van der Waals surface area contributed by atoms with Crippen molar-refractivity contribution in [2.45, 2.75) is 52.7 Å². The van der Waals surface area contributed by atoms with Gasteiger partial charge in [-0.3, -0.25) is 4.79 Å². The molecule has 0 aliphatic carbocycles. The van der Waals surface area contributed by atoms with Gasteiger partial charge in [-0.1, -0.05) is 61.9 Å². The minimum absolute atomic E-state index is 0.00516. The van der Waals surface area contributed by atoms with Gasteiger partial charge in [-0.05, 0) is 43.9 Å². The zero-order chi connectivity index (χ0) is 17.5. The molecular weight excluding hydrogens is 298 g/mol. The molecule has 3 nitrogen and oxygen atoms in total. The summed E-state index contributed by atoms with van der Waals surface area (Å²) in [5.41, 5.74) is 3.45. The van der Waals surface area contributed by atoms with Crippen molar-refractivity contribution in [1.29, 1.82) is 0 Å². The fourth-order valence-electron chi connectivity index (χ4n) is 2.66. The first kappa shape index (κ1) is 18.1. The van der Waals surface area contributed by atoms with Gasteiger partial charge in [0.25, 0.3) is 5.91 Å². The van der Waals surface area contributed by atoms with Gasteiger partial charge in [0.2, 0.25) is 0 Å². The SMILES string of the molecule is CCc1ccccc1O[C@H](C)C(=O)N[C@H](CC)c1ccc(C)cc1. The van der Waals surface area contributed by atoms with Crippen molar-refractivity contribution < 1.29 is 9.53 Å². The molecule has 0 bridgehead atoms. The molecule has 0 aromatic heterocycles. The van der Waals surface area contributed by atoms with Gasteiger partial charge >= 0.3 is 0 Å². The first-order chi connectivity index (χ1) is 11.5. The lowest BCUT2D eigenvalue weighted by atomic mass is 10.0. The van der Waals surface area contributed by atoms with Crippen LogP contribution in [0.4, 0.5) is 0 Å². The number of hydrogen-bond acceptors (Lipinski definition) is 2. The molecule has 0 radical (unpaired) electrons. The number of aryl methyl sites for hydroxylation is 2. The minimum Gasteiger partial charge on any atom is -0.481 e. The molecule has 2 rings (SSSR count). The van der Waals surface area contributed by atoms with Gasteiger partial charge in [0.15, 0.2) is 6.10 Å². The predicted octanol–water partition coefficient (Wildman–Crippen LogP) is 4.59. The highest BCUT2D eigenvalue weighted by molar-refractivity contribution is 5.81. The maximum Gasteiger partial charge on any atom is 0.261 e. The molecule has 0 unspecified atom stereocenters. The molecule has 0 heterocycles. The monoisotopic (exact) mass is 325 g/mol. The Bertz CT molecular complexity index is 664. The number of hydrogen-bond donors (Lipinski definition) is 1. The van der Waals surface area contributed by atoms with Crippen LogP contribution >= 0.6 is 0 Å². The fourth-order valence-corrected chi connectivity index (χ4v) is 2.66. The van der Waals surface area contributed by atoms with Crippen molar-refractivity contribution in [1.82, 2.24) is 5.32 Å². The van der Waals surface area contributed by atoms with Gasteiger partial charge in [-0.15, -0.1) is 0 Å². The molecule has 2 aromatic rings. The number of ether oxygens (including phenoxy) is 1. The summed E-state index contributed by atoms with van der Waals surface area (Å²) in [6.45, 7) is 8.01. The summed E-state index contributed by atoms with van der Waals surface area (Å²) in [6.07, 6.45) is 1.19. The summed E-state index contributed by atoms with van der Waals surface area (Å²) in [6, 6.07) is 16.2. The molecule has 0 aliphatic rings. The van der Waals surface area contributed by atoms with E-state index in [-0.39, 0.29) is 11.9 Å². The predicted molar refractivity (Wildman–Crippen MR) is 98.3 cm³/mol. The van der Waals surface area contributed by atoms with E-state index in [0.29, 0.717) is 0 Å². The molecule has 3 heteroatoms. The van der Waals surface area contributed by atoms with E-state index < -0.39 is 6.10 Å². The van der Waals surface area contributed by atoms with E-state index >= 15 is 0 Å². The van der Waals surface area contributed by atoms with Crippen molar-refractivity contribution in [3.8, 4) is 5.75 Å². The van der Waals surface area contributed by atoms with Gasteiger partial charge in [0, 0.05) is 0 Å². The number of carbonyl (C=O) groups is 1. The Morgan fingerprint density at radius 2 is 1.75 bits per heavy atom. The Morgan fingerprint density at radius 1 is 1.08 bits per heavy atom. The second kappa shape index (κ2) is 8.53. The Balaban J connectivity index is 2.03. The van der Waals surface area contributed by atoms with Crippen molar-refractivity contribution in [2.24, 2.45) is 0 Å². The first-order valence-electron chi connectivity index (χ1n) is 8.66. The lowest BCUT2D eigenvalue weighted by molar-refractivity contribution is -0.128. The summed E-state index contributed by atoms with van der Waals surface area (Å²) < 4.78 is 5.89. The van der Waals surface area contributed by atoms with Crippen molar-refractivity contribution in [3.63, 3.8) is 0 Å². The molecule has 0 saturated carbocycles. The third-order valence-corrected chi connectivity index (χ3v) is 4.23. The Hall–Kier alpha value is -2.29. The molecule has 24 heavy (non-hydrogen) atoms. The number of benzene rings is 2. The lowest BCUT2D eigenvalue weighted by Gasteiger charge is -2.22.